The van der Waals surface area contributed by atoms with Crippen molar-refractivity contribution in [2.75, 3.05) is 13.1 Å². The van der Waals surface area contributed by atoms with Gasteiger partial charge in [0.1, 0.15) is 5.01 Å². The molecule has 144 valence electrons. The third kappa shape index (κ3) is 5.04. The standard InChI is InChI=1S/C22H23N3O2S/c1-3-23-20(27)14-24-19(26)13-18-21(16-11-9-15(2)10-12-16)28-22(25-18)17-7-5-4-6-8-17/h4-12H,3,13-14H2,1-2H3,(H,23,27)(H,24,26). The van der Waals surface area contributed by atoms with Gasteiger partial charge in [-0.25, -0.2) is 4.98 Å². The zero-order valence-electron chi connectivity index (χ0n) is 16.0. The predicted molar refractivity (Wildman–Crippen MR) is 113 cm³/mol. The van der Waals surface area contributed by atoms with Crippen molar-refractivity contribution in [2.24, 2.45) is 0 Å². The molecule has 0 radical (unpaired) electrons. The second-order valence-corrected chi connectivity index (χ2v) is 7.43. The summed E-state index contributed by atoms with van der Waals surface area (Å²) in [5.41, 5.74) is 3.96. The molecule has 0 unspecified atom stereocenters. The Bertz CT molecular complexity index is 950. The first-order valence-electron chi connectivity index (χ1n) is 9.22. The fraction of sp³-hybridized carbons (Fsp3) is 0.227. The van der Waals surface area contributed by atoms with E-state index < -0.39 is 0 Å². The fourth-order valence-corrected chi connectivity index (χ4v) is 3.85. The molecule has 2 amide bonds. The Morgan fingerprint density at radius 3 is 2.32 bits per heavy atom. The molecule has 0 saturated carbocycles. The van der Waals surface area contributed by atoms with Crippen molar-refractivity contribution in [3.8, 4) is 21.0 Å². The maximum absolute atomic E-state index is 12.4. The quantitative estimate of drug-likeness (QED) is 0.645. The Labute approximate surface area is 168 Å². The minimum atomic E-state index is -0.218. The molecule has 0 spiro atoms. The third-order valence-corrected chi connectivity index (χ3v) is 5.38. The van der Waals surface area contributed by atoms with Gasteiger partial charge < -0.3 is 10.6 Å². The van der Waals surface area contributed by atoms with Crippen LogP contribution in [0.3, 0.4) is 0 Å². The van der Waals surface area contributed by atoms with Gasteiger partial charge in [-0.1, -0.05) is 60.2 Å². The summed E-state index contributed by atoms with van der Waals surface area (Å²) < 4.78 is 0. The first-order valence-corrected chi connectivity index (χ1v) is 10.0. The number of nitrogens with one attached hydrogen (secondary N) is 2. The average molecular weight is 394 g/mol. The highest BCUT2D eigenvalue weighted by Crippen LogP contribution is 2.35. The second kappa shape index (κ2) is 9.28. The first kappa shape index (κ1) is 19.8. The Kier molecular flexibility index (Phi) is 6.55. The van der Waals surface area contributed by atoms with Crippen molar-refractivity contribution in [3.63, 3.8) is 0 Å². The monoisotopic (exact) mass is 393 g/mol. The number of hydrogen-bond donors (Lipinski definition) is 2. The molecule has 2 aromatic carbocycles. The Hall–Kier alpha value is -2.99. The highest BCUT2D eigenvalue weighted by atomic mass is 32.1. The van der Waals surface area contributed by atoms with E-state index in [4.69, 9.17) is 4.98 Å². The lowest BCUT2D eigenvalue weighted by atomic mass is 10.1. The molecule has 0 aliphatic carbocycles. The van der Waals surface area contributed by atoms with Crippen molar-refractivity contribution in [1.29, 1.82) is 0 Å². The van der Waals surface area contributed by atoms with Gasteiger partial charge in [-0.15, -0.1) is 11.3 Å². The summed E-state index contributed by atoms with van der Waals surface area (Å²) in [5.74, 6) is -0.414. The van der Waals surface area contributed by atoms with E-state index in [0.717, 1.165) is 26.7 Å². The lowest BCUT2D eigenvalue weighted by Crippen LogP contribution is -2.37. The SMILES string of the molecule is CCNC(=O)CNC(=O)Cc1nc(-c2ccccc2)sc1-c1ccc(C)cc1. The summed E-state index contributed by atoms with van der Waals surface area (Å²) in [4.78, 5) is 29.7. The van der Waals surface area contributed by atoms with Crippen LogP contribution in [0.5, 0.6) is 0 Å². The van der Waals surface area contributed by atoms with Crippen LogP contribution in [-0.2, 0) is 16.0 Å². The number of amides is 2. The van der Waals surface area contributed by atoms with Crippen molar-refractivity contribution < 1.29 is 9.59 Å². The third-order valence-electron chi connectivity index (χ3n) is 4.18. The van der Waals surface area contributed by atoms with E-state index in [2.05, 4.69) is 22.8 Å². The Morgan fingerprint density at radius 2 is 1.64 bits per heavy atom. The molecule has 5 nitrogen and oxygen atoms in total. The zero-order valence-corrected chi connectivity index (χ0v) is 16.8. The summed E-state index contributed by atoms with van der Waals surface area (Å²) in [6, 6.07) is 18.1. The van der Waals surface area contributed by atoms with Gasteiger partial charge in [0.2, 0.25) is 11.8 Å². The normalized spacial score (nSPS) is 10.5. The first-order chi connectivity index (χ1) is 13.6. The maximum atomic E-state index is 12.4. The average Bonchev–Trinajstić information content (AvgIpc) is 3.11. The molecule has 0 aliphatic rings. The molecular weight excluding hydrogens is 370 g/mol. The molecule has 0 aliphatic heterocycles. The minimum Gasteiger partial charge on any atom is -0.355 e. The van der Waals surface area contributed by atoms with Crippen molar-refractivity contribution in [3.05, 3.63) is 65.9 Å². The van der Waals surface area contributed by atoms with E-state index in [1.54, 1.807) is 11.3 Å². The summed E-state index contributed by atoms with van der Waals surface area (Å²) in [7, 11) is 0. The number of hydrogen-bond acceptors (Lipinski definition) is 4. The summed E-state index contributed by atoms with van der Waals surface area (Å²) in [5, 5.41) is 6.21. The fourth-order valence-electron chi connectivity index (χ4n) is 2.76. The van der Waals surface area contributed by atoms with E-state index in [1.807, 2.05) is 56.3 Å². The molecule has 0 saturated heterocycles. The van der Waals surface area contributed by atoms with Crippen LogP contribution in [0.25, 0.3) is 21.0 Å². The smallest absolute Gasteiger partial charge is 0.239 e. The zero-order chi connectivity index (χ0) is 19.9. The lowest BCUT2D eigenvalue weighted by molar-refractivity contribution is -0.125. The molecule has 1 aromatic heterocycles. The largest absolute Gasteiger partial charge is 0.355 e. The predicted octanol–water partition coefficient (Wildman–Crippen LogP) is 3.58. The van der Waals surface area contributed by atoms with Crippen molar-refractivity contribution >= 4 is 23.2 Å². The molecule has 0 bridgehead atoms. The number of rotatable bonds is 7. The van der Waals surface area contributed by atoms with Gasteiger partial charge >= 0.3 is 0 Å². The van der Waals surface area contributed by atoms with Gasteiger partial charge in [0.25, 0.3) is 0 Å². The van der Waals surface area contributed by atoms with Gasteiger partial charge in [-0.3, -0.25) is 9.59 Å². The Morgan fingerprint density at radius 1 is 0.929 bits per heavy atom. The summed E-state index contributed by atoms with van der Waals surface area (Å²) in [6.07, 6.45) is 0.131. The van der Waals surface area contributed by atoms with Gasteiger partial charge in [0.15, 0.2) is 0 Å². The number of thiazole rings is 1. The maximum Gasteiger partial charge on any atom is 0.239 e. The number of aryl methyl sites for hydroxylation is 1. The minimum absolute atomic E-state index is 0.0256. The lowest BCUT2D eigenvalue weighted by Gasteiger charge is -2.06. The molecule has 0 fully saturated rings. The number of benzene rings is 2. The number of aromatic nitrogens is 1. The topological polar surface area (TPSA) is 71.1 Å². The Balaban J connectivity index is 1.85. The van der Waals surface area contributed by atoms with E-state index in [-0.39, 0.29) is 24.8 Å². The molecular formula is C22H23N3O2S. The molecule has 1 heterocycles. The van der Waals surface area contributed by atoms with Crippen molar-refractivity contribution in [2.45, 2.75) is 20.3 Å². The molecule has 28 heavy (non-hydrogen) atoms. The van der Waals surface area contributed by atoms with Gasteiger partial charge in [0.05, 0.1) is 23.5 Å². The van der Waals surface area contributed by atoms with E-state index >= 15 is 0 Å². The molecule has 2 N–H and O–H groups in total. The van der Waals surface area contributed by atoms with E-state index in [0.29, 0.717) is 6.54 Å². The van der Waals surface area contributed by atoms with Crippen LogP contribution in [0.2, 0.25) is 0 Å². The molecule has 0 atom stereocenters. The van der Waals surface area contributed by atoms with Crippen LogP contribution < -0.4 is 10.6 Å². The van der Waals surface area contributed by atoms with Gasteiger partial charge in [-0.2, -0.15) is 0 Å². The number of nitrogens with zero attached hydrogens (tertiary/aromatic N) is 1. The van der Waals surface area contributed by atoms with Crippen LogP contribution in [-0.4, -0.2) is 29.9 Å². The molecule has 3 rings (SSSR count). The van der Waals surface area contributed by atoms with E-state index in [1.165, 1.54) is 5.56 Å². The highest BCUT2D eigenvalue weighted by molar-refractivity contribution is 7.18. The van der Waals surface area contributed by atoms with Crippen LogP contribution >= 0.6 is 11.3 Å². The molecule has 3 aromatic rings. The number of carbonyl (C=O) groups is 2. The number of carbonyl (C=O) groups excluding carboxylic acids is 2. The van der Waals surface area contributed by atoms with Gasteiger partial charge in [0, 0.05) is 12.1 Å². The molecule has 6 heteroatoms. The summed E-state index contributed by atoms with van der Waals surface area (Å²) >= 11 is 1.58. The summed E-state index contributed by atoms with van der Waals surface area (Å²) in [6.45, 7) is 4.40. The van der Waals surface area contributed by atoms with Crippen LogP contribution in [0, 0.1) is 6.92 Å². The van der Waals surface area contributed by atoms with Crippen LogP contribution in [0.15, 0.2) is 54.6 Å². The van der Waals surface area contributed by atoms with E-state index in [9.17, 15) is 9.59 Å². The van der Waals surface area contributed by atoms with Crippen LogP contribution in [0.1, 0.15) is 18.2 Å². The highest BCUT2D eigenvalue weighted by Gasteiger charge is 2.17. The second-order valence-electron chi connectivity index (χ2n) is 6.43. The van der Waals surface area contributed by atoms with Crippen LogP contribution in [0.4, 0.5) is 0 Å². The number of likely N-dealkylation sites (N-methyl/N-ethyl adjacent to an activating group) is 1. The van der Waals surface area contributed by atoms with Gasteiger partial charge in [-0.05, 0) is 19.4 Å². The van der Waals surface area contributed by atoms with Crippen molar-refractivity contribution in [1.82, 2.24) is 15.6 Å².